The molecule has 200 valence electrons. The fourth-order valence-corrected chi connectivity index (χ4v) is 7.45. The van der Waals surface area contributed by atoms with E-state index in [1.165, 1.54) is 19.2 Å². The molecule has 0 radical (unpaired) electrons. The Morgan fingerprint density at radius 1 is 1.08 bits per heavy atom. The summed E-state index contributed by atoms with van der Waals surface area (Å²) in [5, 5.41) is 13.0. The highest BCUT2D eigenvalue weighted by atomic mass is 79.9. The maximum Gasteiger partial charge on any atom is 0.258 e. The van der Waals surface area contributed by atoms with E-state index in [2.05, 4.69) is 46.7 Å². The number of sulfonamides is 1. The topological polar surface area (TPSA) is 123 Å². The lowest BCUT2D eigenvalue weighted by atomic mass is 10.1. The SMILES string of the molecule is CC[Si](CC)(CC)O[C@H](CNC(=O)COc1ccc(Br)cc1OC)c1ccc(O)c(NS(C)(=O)=O)c1. The molecule has 2 aromatic carbocycles. The van der Waals surface area contributed by atoms with E-state index in [1.54, 1.807) is 24.3 Å². The number of benzene rings is 2. The monoisotopic (exact) mass is 602 g/mol. The van der Waals surface area contributed by atoms with Gasteiger partial charge >= 0.3 is 0 Å². The molecule has 1 amide bonds. The summed E-state index contributed by atoms with van der Waals surface area (Å²) >= 11 is 3.37. The Balaban J connectivity index is 2.22. The van der Waals surface area contributed by atoms with Crippen molar-refractivity contribution in [1.29, 1.82) is 0 Å². The Hall–Kier alpha value is -2.28. The van der Waals surface area contributed by atoms with Gasteiger partial charge in [0, 0.05) is 11.0 Å². The molecule has 0 saturated carbocycles. The summed E-state index contributed by atoms with van der Waals surface area (Å²) in [5.74, 6) is 0.387. The first-order valence-electron chi connectivity index (χ1n) is 11.7. The lowest BCUT2D eigenvalue weighted by molar-refractivity contribution is -0.123. The van der Waals surface area contributed by atoms with Crippen LogP contribution in [0.5, 0.6) is 17.2 Å². The molecular formula is C24H35BrN2O7SSi. The van der Waals surface area contributed by atoms with Crippen molar-refractivity contribution >= 4 is 45.9 Å². The number of carbonyl (C=O) groups is 1. The molecule has 2 aromatic rings. The standard InChI is InChI=1S/C24H35BrN2O7SSi/c1-6-36(7-2,8-3)34-23(17-9-11-20(28)19(13-17)27-35(5,30)31)15-26-24(29)16-33-21-12-10-18(25)14-22(21)32-4/h9-14,23,27-28H,6-8,15-16H2,1-5H3,(H,26,29)/t23-/m1/s1. The summed E-state index contributed by atoms with van der Waals surface area (Å²) in [4.78, 5) is 12.6. The van der Waals surface area contributed by atoms with Gasteiger partial charge in [-0.1, -0.05) is 42.8 Å². The number of methoxy groups -OCH3 is 1. The molecule has 0 aliphatic carbocycles. The van der Waals surface area contributed by atoms with Crippen LogP contribution < -0.4 is 19.5 Å². The van der Waals surface area contributed by atoms with Crippen LogP contribution in [0.1, 0.15) is 32.4 Å². The van der Waals surface area contributed by atoms with Crippen LogP contribution in [0.3, 0.4) is 0 Å². The molecule has 0 aliphatic heterocycles. The van der Waals surface area contributed by atoms with Crippen LogP contribution in [0.4, 0.5) is 5.69 Å². The number of aromatic hydroxyl groups is 1. The molecule has 0 aliphatic rings. The Labute approximate surface area is 222 Å². The fourth-order valence-electron chi connectivity index (χ4n) is 3.73. The van der Waals surface area contributed by atoms with Gasteiger partial charge in [-0.05, 0) is 54.0 Å². The summed E-state index contributed by atoms with van der Waals surface area (Å²) in [7, 11) is -4.19. The van der Waals surface area contributed by atoms with Crippen molar-refractivity contribution in [1.82, 2.24) is 5.32 Å². The number of halogens is 1. The molecule has 3 N–H and O–H groups in total. The molecule has 36 heavy (non-hydrogen) atoms. The highest BCUT2D eigenvalue weighted by Gasteiger charge is 2.33. The molecule has 9 nitrogen and oxygen atoms in total. The number of anilines is 1. The summed E-state index contributed by atoms with van der Waals surface area (Å²) in [6, 6.07) is 12.5. The fraction of sp³-hybridized carbons (Fsp3) is 0.458. The number of hydrogen-bond acceptors (Lipinski definition) is 7. The van der Waals surface area contributed by atoms with Gasteiger partial charge in [-0.15, -0.1) is 0 Å². The Morgan fingerprint density at radius 3 is 2.33 bits per heavy atom. The number of ether oxygens (including phenoxy) is 2. The van der Waals surface area contributed by atoms with Gasteiger partial charge < -0.3 is 24.3 Å². The molecule has 0 bridgehead atoms. The molecular weight excluding hydrogens is 568 g/mol. The van der Waals surface area contributed by atoms with Gasteiger partial charge in [0.1, 0.15) is 5.75 Å². The number of phenolic OH excluding ortho intramolecular Hbond substituents is 1. The van der Waals surface area contributed by atoms with Crippen LogP contribution in [0, 0.1) is 0 Å². The summed E-state index contributed by atoms with van der Waals surface area (Å²) < 4.78 is 44.2. The van der Waals surface area contributed by atoms with Crippen LogP contribution in [0.15, 0.2) is 40.9 Å². The Bertz CT molecular complexity index is 1140. The zero-order valence-corrected chi connectivity index (χ0v) is 24.7. The van der Waals surface area contributed by atoms with Gasteiger partial charge in [-0.3, -0.25) is 9.52 Å². The predicted molar refractivity (Wildman–Crippen MR) is 147 cm³/mol. The number of carbonyl (C=O) groups excluding carboxylic acids is 1. The Morgan fingerprint density at radius 2 is 1.75 bits per heavy atom. The lowest BCUT2D eigenvalue weighted by Crippen LogP contribution is -2.41. The molecule has 2 rings (SSSR count). The van der Waals surface area contributed by atoms with Crippen molar-refractivity contribution in [3.63, 3.8) is 0 Å². The van der Waals surface area contributed by atoms with Gasteiger partial charge in [-0.25, -0.2) is 8.42 Å². The van der Waals surface area contributed by atoms with E-state index in [1.807, 2.05) is 0 Å². The maximum atomic E-state index is 12.6. The first-order chi connectivity index (χ1) is 17.0. The van der Waals surface area contributed by atoms with Gasteiger partial charge in [0.05, 0.1) is 25.2 Å². The minimum atomic E-state index is -3.60. The summed E-state index contributed by atoms with van der Waals surface area (Å²) in [6.07, 6.45) is 0.472. The second kappa shape index (κ2) is 13.3. The molecule has 0 spiro atoms. The van der Waals surface area contributed by atoms with E-state index in [0.29, 0.717) is 17.1 Å². The highest BCUT2D eigenvalue weighted by molar-refractivity contribution is 9.10. The Kier molecular flexibility index (Phi) is 11.1. The number of rotatable bonds is 14. The van der Waals surface area contributed by atoms with Gasteiger partial charge in [0.2, 0.25) is 10.0 Å². The van der Waals surface area contributed by atoms with Crippen molar-refractivity contribution in [2.24, 2.45) is 0 Å². The van der Waals surface area contributed by atoms with Crippen LogP contribution in [0.2, 0.25) is 18.1 Å². The summed E-state index contributed by atoms with van der Waals surface area (Å²) in [6.45, 7) is 6.22. The zero-order valence-electron chi connectivity index (χ0n) is 21.3. The smallest absolute Gasteiger partial charge is 0.258 e. The van der Waals surface area contributed by atoms with E-state index in [-0.39, 0.29) is 30.5 Å². The average molecular weight is 604 g/mol. The van der Waals surface area contributed by atoms with Crippen LogP contribution in [0.25, 0.3) is 0 Å². The zero-order chi connectivity index (χ0) is 26.9. The van der Waals surface area contributed by atoms with E-state index >= 15 is 0 Å². The maximum absolute atomic E-state index is 12.6. The van der Waals surface area contributed by atoms with Gasteiger partial charge in [0.25, 0.3) is 5.91 Å². The third-order valence-corrected chi connectivity index (χ3v) is 11.7. The molecule has 1 atom stereocenters. The predicted octanol–water partition coefficient (Wildman–Crippen LogP) is 4.79. The van der Waals surface area contributed by atoms with Crippen LogP contribution in [-0.2, 0) is 19.2 Å². The van der Waals surface area contributed by atoms with Gasteiger partial charge in [-0.2, -0.15) is 0 Å². The average Bonchev–Trinajstić information content (AvgIpc) is 2.84. The third kappa shape index (κ3) is 8.68. The van der Waals surface area contributed by atoms with Crippen LogP contribution >= 0.6 is 15.9 Å². The first kappa shape index (κ1) is 29.9. The largest absolute Gasteiger partial charge is 0.506 e. The molecule has 12 heteroatoms. The number of nitrogens with one attached hydrogen (secondary N) is 2. The third-order valence-electron chi connectivity index (χ3n) is 5.98. The molecule has 0 saturated heterocycles. The van der Waals surface area contributed by atoms with E-state index in [0.717, 1.165) is 28.9 Å². The highest BCUT2D eigenvalue weighted by Crippen LogP contribution is 2.34. The number of amides is 1. The number of hydrogen-bond donors (Lipinski definition) is 3. The van der Waals surface area contributed by atoms with Crippen molar-refractivity contribution < 1.29 is 32.2 Å². The summed E-state index contributed by atoms with van der Waals surface area (Å²) in [5.41, 5.74) is 0.694. The van der Waals surface area contributed by atoms with Crippen LogP contribution in [-0.4, -0.2) is 54.3 Å². The van der Waals surface area contributed by atoms with Crippen molar-refractivity contribution in [3.05, 3.63) is 46.4 Å². The second-order valence-electron chi connectivity index (χ2n) is 8.39. The molecule has 0 aromatic heterocycles. The second-order valence-corrected chi connectivity index (χ2v) is 15.8. The minimum absolute atomic E-state index is 0.0531. The minimum Gasteiger partial charge on any atom is -0.506 e. The van der Waals surface area contributed by atoms with Crippen molar-refractivity contribution in [3.8, 4) is 17.2 Å². The van der Waals surface area contributed by atoms with E-state index < -0.39 is 24.4 Å². The lowest BCUT2D eigenvalue weighted by Gasteiger charge is -2.34. The molecule has 0 fully saturated rings. The van der Waals surface area contributed by atoms with Crippen molar-refractivity contribution in [2.75, 3.05) is 31.2 Å². The van der Waals surface area contributed by atoms with E-state index in [9.17, 15) is 18.3 Å². The molecule has 0 unspecified atom stereocenters. The number of phenols is 1. The quantitative estimate of drug-likeness (QED) is 0.210. The van der Waals surface area contributed by atoms with Crippen molar-refractivity contribution in [2.45, 2.75) is 45.0 Å². The molecule has 0 heterocycles. The van der Waals surface area contributed by atoms with Gasteiger partial charge in [0.15, 0.2) is 26.4 Å². The normalized spacial score (nSPS) is 12.6. The first-order valence-corrected chi connectivity index (χ1v) is 16.9. The van der Waals surface area contributed by atoms with E-state index in [4.69, 9.17) is 13.9 Å².